The maximum Gasteiger partial charge on any atom is 0.389 e. The fourth-order valence-corrected chi connectivity index (χ4v) is 4.40. The van der Waals surface area contributed by atoms with Gasteiger partial charge in [0, 0.05) is 42.9 Å². The number of carbonyl (C=O) groups is 3. The zero-order valence-electron chi connectivity index (χ0n) is 21.0. The highest BCUT2D eigenvalue weighted by Gasteiger charge is 2.41. The third-order valence-corrected chi connectivity index (χ3v) is 6.39. The molecule has 0 radical (unpaired) electrons. The number of benzene rings is 2. The van der Waals surface area contributed by atoms with Gasteiger partial charge in [-0.05, 0) is 31.0 Å². The van der Waals surface area contributed by atoms with Gasteiger partial charge >= 0.3 is 12.4 Å². The van der Waals surface area contributed by atoms with E-state index in [0.29, 0.717) is 5.56 Å². The molecule has 2 aromatic rings. The Morgan fingerprint density at radius 3 is 2.10 bits per heavy atom. The van der Waals surface area contributed by atoms with Gasteiger partial charge in [0.2, 0.25) is 18.0 Å². The first kappa shape index (κ1) is 30.6. The summed E-state index contributed by atoms with van der Waals surface area (Å²) >= 11 is 0. The molecule has 3 atom stereocenters. The number of hydrogen-bond acceptors (Lipinski definition) is 4. The van der Waals surface area contributed by atoms with Crippen molar-refractivity contribution in [2.75, 3.05) is 11.9 Å². The molecule has 0 fully saturated rings. The van der Waals surface area contributed by atoms with E-state index < -0.39 is 79.6 Å². The maximum atomic E-state index is 14.2. The Bertz CT molecular complexity index is 1280. The minimum absolute atomic E-state index is 0.0634. The number of benzodiazepines with no additional fused rings is 1. The second kappa shape index (κ2) is 12.0. The Labute approximate surface area is 224 Å². The molecule has 3 amide bonds. The molecule has 40 heavy (non-hydrogen) atoms. The van der Waals surface area contributed by atoms with Crippen molar-refractivity contribution < 1.29 is 45.1 Å². The minimum atomic E-state index is -4.80. The van der Waals surface area contributed by atoms with Crippen LogP contribution in [0.2, 0.25) is 0 Å². The maximum absolute atomic E-state index is 14.2. The first-order chi connectivity index (χ1) is 18.6. The number of aliphatic imine (C=N–C) groups is 1. The molecule has 0 aromatic heterocycles. The van der Waals surface area contributed by atoms with Crippen molar-refractivity contribution in [2.24, 2.45) is 22.6 Å². The van der Waals surface area contributed by atoms with E-state index in [0.717, 1.165) is 17.0 Å². The van der Waals surface area contributed by atoms with Crippen molar-refractivity contribution in [1.82, 2.24) is 5.32 Å². The number of primary amides is 1. The van der Waals surface area contributed by atoms with Gasteiger partial charge in [0.1, 0.15) is 5.82 Å². The number of rotatable bonds is 9. The molecule has 0 spiro atoms. The molecule has 0 aliphatic carbocycles. The van der Waals surface area contributed by atoms with Crippen LogP contribution < -0.4 is 16.0 Å². The van der Waals surface area contributed by atoms with Crippen LogP contribution in [0.5, 0.6) is 0 Å². The third kappa shape index (κ3) is 7.79. The van der Waals surface area contributed by atoms with Crippen LogP contribution in [0.1, 0.15) is 36.8 Å². The number of likely N-dealkylation sites (N-methyl/N-ethyl adjacent to an activating group) is 1. The summed E-state index contributed by atoms with van der Waals surface area (Å²) in [4.78, 5) is 43.9. The molecular formula is C26H25F7N4O3. The quantitative estimate of drug-likeness (QED) is 0.432. The summed E-state index contributed by atoms with van der Waals surface area (Å²) in [6.07, 6.45) is -16.6. The summed E-state index contributed by atoms with van der Waals surface area (Å²) in [5.41, 5.74) is 6.07. The number of amides is 3. The van der Waals surface area contributed by atoms with Crippen molar-refractivity contribution in [3.8, 4) is 0 Å². The fraction of sp³-hybridized carbons (Fsp3) is 0.385. The predicted molar refractivity (Wildman–Crippen MR) is 131 cm³/mol. The van der Waals surface area contributed by atoms with Gasteiger partial charge in [-0.3, -0.25) is 14.4 Å². The minimum Gasteiger partial charge on any atom is -0.369 e. The number of nitrogens with two attached hydrogens (primary N) is 1. The average Bonchev–Trinajstić information content (AvgIpc) is 2.95. The van der Waals surface area contributed by atoms with Gasteiger partial charge in [-0.15, -0.1) is 0 Å². The van der Waals surface area contributed by atoms with Crippen LogP contribution in [0.3, 0.4) is 0 Å². The molecular weight excluding hydrogens is 549 g/mol. The highest BCUT2D eigenvalue weighted by atomic mass is 19.4. The van der Waals surface area contributed by atoms with Gasteiger partial charge < -0.3 is 16.0 Å². The monoisotopic (exact) mass is 574 g/mol. The van der Waals surface area contributed by atoms with Gasteiger partial charge in [0.05, 0.1) is 11.4 Å². The number of fused-ring (bicyclic) bond motifs is 1. The molecule has 7 nitrogen and oxygen atoms in total. The first-order valence-corrected chi connectivity index (χ1v) is 12.0. The van der Waals surface area contributed by atoms with E-state index in [9.17, 15) is 45.1 Å². The van der Waals surface area contributed by atoms with Crippen LogP contribution in [-0.2, 0) is 14.4 Å². The van der Waals surface area contributed by atoms with Crippen LogP contribution in [0, 0.1) is 17.7 Å². The van der Waals surface area contributed by atoms with Crippen LogP contribution in [0.25, 0.3) is 0 Å². The van der Waals surface area contributed by atoms with Crippen LogP contribution in [0.15, 0.2) is 53.5 Å². The number of nitrogens with one attached hydrogen (secondary N) is 1. The summed E-state index contributed by atoms with van der Waals surface area (Å²) in [6, 6.07) is 11.6. The van der Waals surface area contributed by atoms with E-state index in [1.165, 1.54) is 13.1 Å². The molecule has 14 heteroatoms. The zero-order chi connectivity index (χ0) is 29.8. The Kier molecular flexibility index (Phi) is 9.21. The number of carbonyl (C=O) groups excluding carboxylic acids is 3. The molecule has 1 aliphatic rings. The van der Waals surface area contributed by atoms with E-state index in [-0.39, 0.29) is 17.0 Å². The molecule has 2 aromatic carbocycles. The normalized spacial score (nSPS) is 17.4. The van der Waals surface area contributed by atoms with E-state index in [2.05, 4.69) is 10.3 Å². The van der Waals surface area contributed by atoms with Gasteiger partial charge in [0.15, 0.2) is 0 Å². The van der Waals surface area contributed by atoms with Crippen LogP contribution >= 0.6 is 0 Å². The fourth-order valence-electron chi connectivity index (χ4n) is 4.40. The van der Waals surface area contributed by atoms with Crippen molar-refractivity contribution in [2.45, 2.75) is 44.2 Å². The Hall–Kier alpha value is -3.97. The molecule has 1 aliphatic heterocycles. The van der Waals surface area contributed by atoms with Crippen molar-refractivity contribution >= 4 is 29.1 Å². The van der Waals surface area contributed by atoms with Gasteiger partial charge in [-0.25, -0.2) is 9.38 Å². The number of alkyl halides is 6. The van der Waals surface area contributed by atoms with Crippen molar-refractivity contribution in [3.63, 3.8) is 0 Å². The second-order valence-corrected chi connectivity index (χ2v) is 9.24. The lowest BCUT2D eigenvalue weighted by Gasteiger charge is -2.27. The summed E-state index contributed by atoms with van der Waals surface area (Å²) in [7, 11) is 1.30. The molecule has 3 rings (SSSR count). The summed E-state index contributed by atoms with van der Waals surface area (Å²) < 4.78 is 91.9. The molecule has 1 unspecified atom stereocenters. The highest BCUT2D eigenvalue weighted by molar-refractivity contribution is 6.20. The number of nitrogens with zero attached hydrogens (tertiary/aromatic N) is 2. The topological polar surface area (TPSA) is 105 Å². The molecule has 0 saturated carbocycles. The summed E-state index contributed by atoms with van der Waals surface area (Å²) in [5, 5.41) is 2.19. The van der Waals surface area contributed by atoms with E-state index in [1.54, 1.807) is 30.3 Å². The number of hydrogen-bond donors (Lipinski definition) is 2. The lowest BCUT2D eigenvalue weighted by Crippen LogP contribution is -2.50. The average molecular weight is 574 g/mol. The first-order valence-electron chi connectivity index (χ1n) is 12.0. The lowest BCUT2D eigenvalue weighted by molar-refractivity contribution is -0.152. The van der Waals surface area contributed by atoms with Crippen molar-refractivity contribution in [3.05, 3.63) is 65.5 Å². The second-order valence-electron chi connectivity index (χ2n) is 9.24. The summed E-state index contributed by atoms with van der Waals surface area (Å²) in [5.74, 6) is -8.09. The van der Waals surface area contributed by atoms with E-state index in [1.807, 2.05) is 0 Å². The Morgan fingerprint density at radius 2 is 1.55 bits per heavy atom. The van der Waals surface area contributed by atoms with E-state index >= 15 is 0 Å². The van der Waals surface area contributed by atoms with Crippen LogP contribution in [0.4, 0.5) is 36.4 Å². The summed E-state index contributed by atoms with van der Waals surface area (Å²) in [6.45, 7) is 0. The van der Waals surface area contributed by atoms with Crippen LogP contribution in [-0.4, -0.2) is 49.0 Å². The Balaban J connectivity index is 2.03. The standard InChI is InChI=1S/C26H25F7N4O3/c1-37-19-8-7-15(27)13-18(19)20(14-5-3-2-4-6-14)35-22(24(37)40)36-23(39)17(10-12-26(31,32)33)16(21(34)38)9-11-25(28,29)30/h2-8,13,16-17,22H,9-12H2,1H3,(H2,34,38)(H,36,39)/t16-,17+,22?/m0/s1. The molecule has 3 N–H and O–H groups in total. The molecule has 1 heterocycles. The Morgan fingerprint density at radius 1 is 0.975 bits per heavy atom. The largest absolute Gasteiger partial charge is 0.389 e. The number of anilines is 1. The predicted octanol–water partition coefficient (Wildman–Crippen LogP) is 4.48. The molecule has 0 saturated heterocycles. The smallest absolute Gasteiger partial charge is 0.369 e. The van der Waals surface area contributed by atoms with Gasteiger partial charge in [-0.2, -0.15) is 26.3 Å². The SMILES string of the molecule is CN1C(=O)C(NC(=O)[C@H](CCC(F)(F)F)[C@H](CCC(F)(F)F)C(N)=O)N=C(c2ccccc2)c2cc(F)ccc21. The van der Waals surface area contributed by atoms with Crippen molar-refractivity contribution in [1.29, 1.82) is 0 Å². The molecule has 216 valence electrons. The van der Waals surface area contributed by atoms with Gasteiger partial charge in [0.25, 0.3) is 5.91 Å². The van der Waals surface area contributed by atoms with E-state index in [4.69, 9.17) is 5.73 Å². The van der Waals surface area contributed by atoms with Gasteiger partial charge in [-0.1, -0.05) is 30.3 Å². The molecule has 0 bridgehead atoms. The highest BCUT2D eigenvalue weighted by Crippen LogP contribution is 2.33. The number of halogens is 7. The lowest BCUT2D eigenvalue weighted by atomic mass is 9.83. The zero-order valence-corrected chi connectivity index (χ0v) is 21.0. The third-order valence-electron chi connectivity index (χ3n) is 6.39.